The van der Waals surface area contributed by atoms with Crippen molar-refractivity contribution in [3.8, 4) is 0 Å². The lowest BCUT2D eigenvalue weighted by molar-refractivity contribution is 0.591. The maximum absolute atomic E-state index is 5.95. The summed E-state index contributed by atoms with van der Waals surface area (Å²) in [7, 11) is 0. The van der Waals surface area contributed by atoms with Gasteiger partial charge in [0, 0.05) is 17.3 Å². The molecular formula is C11H17ClN2S. The number of rotatable bonds is 2. The lowest BCUT2D eigenvalue weighted by Crippen LogP contribution is -2.24. The number of aliphatic imine (C=N–C) groups is 1. The second kappa shape index (κ2) is 6.13. The van der Waals surface area contributed by atoms with Gasteiger partial charge in [0.05, 0.1) is 5.84 Å². The van der Waals surface area contributed by atoms with E-state index in [0.717, 1.165) is 18.8 Å². The third-order valence-corrected chi connectivity index (χ3v) is 3.60. The summed E-state index contributed by atoms with van der Waals surface area (Å²) in [6, 6.07) is 4.28. The SMILES string of the molecule is Cl.NC1=NCCCCC1Cc1cccs1. The molecule has 2 heterocycles. The van der Waals surface area contributed by atoms with Gasteiger partial charge >= 0.3 is 0 Å². The molecule has 0 fully saturated rings. The number of halogens is 1. The molecule has 15 heavy (non-hydrogen) atoms. The first-order valence-corrected chi connectivity index (χ1v) is 6.06. The van der Waals surface area contributed by atoms with E-state index in [1.165, 1.54) is 24.1 Å². The van der Waals surface area contributed by atoms with Crippen molar-refractivity contribution in [2.45, 2.75) is 25.7 Å². The van der Waals surface area contributed by atoms with Gasteiger partial charge < -0.3 is 5.73 Å². The number of nitrogens with zero attached hydrogens (tertiary/aromatic N) is 1. The third kappa shape index (κ3) is 3.50. The van der Waals surface area contributed by atoms with Gasteiger partial charge in [-0.15, -0.1) is 23.7 Å². The molecule has 2 rings (SSSR count). The van der Waals surface area contributed by atoms with Crippen molar-refractivity contribution in [1.29, 1.82) is 0 Å². The lowest BCUT2D eigenvalue weighted by atomic mass is 9.97. The highest BCUT2D eigenvalue weighted by Crippen LogP contribution is 2.20. The molecule has 0 saturated heterocycles. The molecule has 0 bridgehead atoms. The van der Waals surface area contributed by atoms with E-state index in [4.69, 9.17) is 5.73 Å². The van der Waals surface area contributed by atoms with Gasteiger partial charge in [0.1, 0.15) is 0 Å². The normalized spacial score (nSPS) is 21.3. The zero-order valence-electron chi connectivity index (χ0n) is 8.69. The highest BCUT2D eigenvalue weighted by molar-refractivity contribution is 7.09. The summed E-state index contributed by atoms with van der Waals surface area (Å²) in [5, 5.41) is 2.12. The van der Waals surface area contributed by atoms with Gasteiger partial charge in [-0.3, -0.25) is 4.99 Å². The van der Waals surface area contributed by atoms with E-state index >= 15 is 0 Å². The fraction of sp³-hybridized carbons (Fsp3) is 0.545. The maximum atomic E-state index is 5.95. The molecule has 84 valence electrons. The quantitative estimate of drug-likeness (QED) is 0.854. The molecular weight excluding hydrogens is 228 g/mol. The Kier molecular flexibility index (Phi) is 5.12. The topological polar surface area (TPSA) is 38.4 Å². The van der Waals surface area contributed by atoms with Crippen LogP contribution in [0.15, 0.2) is 22.5 Å². The van der Waals surface area contributed by atoms with Crippen LogP contribution in [0.3, 0.4) is 0 Å². The number of nitrogens with two attached hydrogens (primary N) is 1. The second-order valence-corrected chi connectivity index (χ2v) is 4.82. The highest BCUT2D eigenvalue weighted by atomic mass is 35.5. The zero-order chi connectivity index (χ0) is 9.80. The van der Waals surface area contributed by atoms with Crippen LogP contribution >= 0.6 is 23.7 Å². The Morgan fingerprint density at radius 3 is 3.07 bits per heavy atom. The highest BCUT2D eigenvalue weighted by Gasteiger charge is 2.16. The number of hydrogen-bond donors (Lipinski definition) is 1. The largest absolute Gasteiger partial charge is 0.387 e. The fourth-order valence-electron chi connectivity index (χ4n) is 1.87. The van der Waals surface area contributed by atoms with Gasteiger partial charge in [0.25, 0.3) is 0 Å². The lowest BCUT2D eigenvalue weighted by Gasteiger charge is -2.12. The predicted octanol–water partition coefficient (Wildman–Crippen LogP) is 2.87. The maximum Gasteiger partial charge on any atom is 0.0972 e. The first-order valence-electron chi connectivity index (χ1n) is 5.18. The summed E-state index contributed by atoms with van der Waals surface area (Å²) < 4.78 is 0. The van der Waals surface area contributed by atoms with Crippen LogP contribution in [0.5, 0.6) is 0 Å². The average Bonchev–Trinajstić information content (AvgIpc) is 2.60. The van der Waals surface area contributed by atoms with Crippen LogP contribution in [-0.2, 0) is 6.42 Å². The molecule has 1 aliphatic rings. The Bertz CT molecular complexity index is 308. The van der Waals surface area contributed by atoms with Crippen molar-refractivity contribution in [3.05, 3.63) is 22.4 Å². The standard InChI is InChI=1S/C11H16N2S.ClH/c12-11-9(4-1-2-6-13-11)8-10-5-3-7-14-10;/h3,5,7,9H,1-2,4,6,8H2,(H2,12,13);1H. The molecule has 1 aliphatic heterocycles. The van der Waals surface area contributed by atoms with Crippen LogP contribution in [0.4, 0.5) is 0 Å². The van der Waals surface area contributed by atoms with Crippen molar-refractivity contribution >= 4 is 29.6 Å². The van der Waals surface area contributed by atoms with E-state index in [0.29, 0.717) is 5.92 Å². The molecule has 0 aliphatic carbocycles. The molecule has 0 spiro atoms. The molecule has 1 aromatic rings. The minimum Gasteiger partial charge on any atom is -0.387 e. The summed E-state index contributed by atoms with van der Waals surface area (Å²) in [4.78, 5) is 5.81. The Hall–Kier alpha value is -0.540. The molecule has 1 unspecified atom stereocenters. The van der Waals surface area contributed by atoms with Gasteiger partial charge in [-0.05, 0) is 30.7 Å². The van der Waals surface area contributed by atoms with Crippen LogP contribution in [0, 0.1) is 5.92 Å². The van der Waals surface area contributed by atoms with Crippen LogP contribution in [0.2, 0.25) is 0 Å². The van der Waals surface area contributed by atoms with Gasteiger partial charge in [-0.1, -0.05) is 12.5 Å². The zero-order valence-corrected chi connectivity index (χ0v) is 10.3. The second-order valence-electron chi connectivity index (χ2n) is 3.78. The van der Waals surface area contributed by atoms with E-state index in [-0.39, 0.29) is 12.4 Å². The van der Waals surface area contributed by atoms with Crippen molar-refractivity contribution in [2.75, 3.05) is 6.54 Å². The van der Waals surface area contributed by atoms with Crippen LogP contribution in [-0.4, -0.2) is 12.4 Å². The van der Waals surface area contributed by atoms with Crippen molar-refractivity contribution in [2.24, 2.45) is 16.6 Å². The van der Waals surface area contributed by atoms with Crippen molar-refractivity contribution < 1.29 is 0 Å². The Morgan fingerprint density at radius 2 is 2.33 bits per heavy atom. The summed E-state index contributed by atoms with van der Waals surface area (Å²) in [5.41, 5.74) is 5.95. The molecule has 2 N–H and O–H groups in total. The molecule has 4 heteroatoms. The summed E-state index contributed by atoms with van der Waals surface area (Å²) in [6.07, 6.45) is 4.74. The minimum atomic E-state index is 0. The van der Waals surface area contributed by atoms with Gasteiger partial charge in [-0.2, -0.15) is 0 Å². The van der Waals surface area contributed by atoms with E-state index in [9.17, 15) is 0 Å². The summed E-state index contributed by atoms with van der Waals surface area (Å²) >= 11 is 1.81. The molecule has 1 atom stereocenters. The van der Waals surface area contributed by atoms with Gasteiger partial charge in [0.2, 0.25) is 0 Å². The summed E-state index contributed by atoms with van der Waals surface area (Å²) in [5.74, 6) is 1.35. The predicted molar refractivity (Wildman–Crippen MR) is 69.1 cm³/mol. The van der Waals surface area contributed by atoms with Crippen LogP contribution in [0.25, 0.3) is 0 Å². The average molecular weight is 245 g/mol. The minimum absolute atomic E-state index is 0. The van der Waals surface area contributed by atoms with Crippen LogP contribution < -0.4 is 5.73 Å². The fourth-order valence-corrected chi connectivity index (χ4v) is 2.65. The van der Waals surface area contributed by atoms with E-state index in [1.54, 1.807) is 0 Å². The third-order valence-electron chi connectivity index (χ3n) is 2.70. The Labute approximate surface area is 101 Å². The number of hydrogen-bond acceptors (Lipinski definition) is 3. The molecule has 0 radical (unpaired) electrons. The summed E-state index contributed by atoms with van der Waals surface area (Å²) in [6.45, 7) is 0.923. The van der Waals surface area contributed by atoms with Crippen molar-refractivity contribution in [3.63, 3.8) is 0 Å². The number of thiophene rings is 1. The molecule has 0 amide bonds. The van der Waals surface area contributed by atoms with Gasteiger partial charge in [-0.25, -0.2) is 0 Å². The first kappa shape index (κ1) is 12.5. The first-order chi connectivity index (χ1) is 6.86. The monoisotopic (exact) mass is 244 g/mol. The van der Waals surface area contributed by atoms with E-state index in [1.807, 2.05) is 11.3 Å². The van der Waals surface area contributed by atoms with Gasteiger partial charge in [0.15, 0.2) is 0 Å². The molecule has 0 saturated carbocycles. The van der Waals surface area contributed by atoms with Crippen molar-refractivity contribution in [1.82, 2.24) is 0 Å². The Balaban J connectivity index is 0.00000112. The molecule has 1 aromatic heterocycles. The smallest absolute Gasteiger partial charge is 0.0972 e. The van der Waals surface area contributed by atoms with E-state index in [2.05, 4.69) is 22.5 Å². The Morgan fingerprint density at radius 1 is 1.47 bits per heavy atom. The molecule has 2 nitrogen and oxygen atoms in total. The molecule has 0 aromatic carbocycles. The van der Waals surface area contributed by atoms with E-state index < -0.39 is 0 Å². The van der Waals surface area contributed by atoms with Crippen LogP contribution in [0.1, 0.15) is 24.1 Å². The number of amidine groups is 1.